The molecule has 38 heavy (non-hydrogen) atoms. The van der Waals surface area contributed by atoms with E-state index in [0.29, 0.717) is 35.6 Å². The van der Waals surface area contributed by atoms with Crippen LogP contribution in [0.5, 0.6) is 0 Å². The lowest BCUT2D eigenvalue weighted by molar-refractivity contribution is -0.147. The highest BCUT2D eigenvalue weighted by molar-refractivity contribution is 7.92. The zero-order chi connectivity index (χ0) is 27.6. The van der Waals surface area contributed by atoms with Crippen LogP contribution in [0.3, 0.4) is 0 Å². The molecule has 1 saturated heterocycles. The lowest BCUT2D eigenvalue weighted by Crippen LogP contribution is -2.48. The average Bonchev–Trinajstić information content (AvgIpc) is 3.21. The molecule has 0 aliphatic carbocycles. The van der Waals surface area contributed by atoms with Crippen molar-refractivity contribution in [3.8, 4) is 5.69 Å². The van der Waals surface area contributed by atoms with Crippen LogP contribution in [-0.2, 0) is 19.6 Å². The fraction of sp³-hybridized carbons (Fsp3) is 0.321. The number of carbonyl (C=O) groups is 3. The number of ether oxygens (including phenoxy) is 1. The number of esters is 1. The second-order valence-electron chi connectivity index (χ2n) is 9.34. The van der Waals surface area contributed by atoms with Crippen LogP contribution >= 0.6 is 0 Å². The number of aromatic nitrogens is 1. The molecule has 2 aromatic carbocycles. The Kier molecular flexibility index (Phi) is 7.73. The van der Waals surface area contributed by atoms with E-state index >= 15 is 0 Å². The topological polar surface area (TPSA) is 106 Å². The number of anilines is 1. The zero-order valence-corrected chi connectivity index (χ0v) is 22.7. The van der Waals surface area contributed by atoms with Gasteiger partial charge in [0.05, 0.1) is 35.9 Å². The summed E-state index contributed by atoms with van der Waals surface area (Å²) in [5.41, 5.74) is 2.47. The number of hydrogen-bond acceptors (Lipinski definition) is 6. The third-order valence-electron chi connectivity index (χ3n) is 6.78. The predicted octanol–water partition coefficient (Wildman–Crippen LogP) is 3.87. The van der Waals surface area contributed by atoms with Gasteiger partial charge in [-0.2, -0.15) is 0 Å². The summed E-state index contributed by atoms with van der Waals surface area (Å²) in [6.45, 7) is 3.93. The molecule has 9 nitrogen and oxygen atoms in total. The molecule has 1 aliphatic rings. The Morgan fingerprint density at radius 1 is 0.947 bits per heavy atom. The molecule has 0 saturated carbocycles. The van der Waals surface area contributed by atoms with Gasteiger partial charge < -0.3 is 14.2 Å². The van der Waals surface area contributed by atoms with E-state index in [9.17, 15) is 22.8 Å². The SMILES string of the molecule is COC(=O)C1CCCCN1C(=O)c1ccccc1-n1c(C)cc(C(=O)N(c2ccccc2)S(C)(=O)=O)c1C. The molecule has 4 rings (SSSR count). The first kappa shape index (κ1) is 27.1. The van der Waals surface area contributed by atoms with Gasteiger partial charge in [0.25, 0.3) is 11.8 Å². The molecular formula is C28H31N3O6S. The summed E-state index contributed by atoms with van der Waals surface area (Å²) in [5, 5.41) is 0. The number of para-hydroxylation sites is 2. The largest absolute Gasteiger partial charge is 0.467 e. The van der Waals surface area contributed by atoms with Crippen molar-refractivity contribution >= 4 is 33.5 Å². The Morgan fingerprint density at radius 3 is 2.26 bits per heavy atom. The number of likely N-dealkylation sites (tertiary alicyclic amines) is 1. The van der Waals surface area contributed by atoms with E-state index in [1.54, 1.807) is 84.0 Å². The van der Waals surface area contributed by atoms with E-state index < -0.39 is 27.9 Å². The summed E-state index contributed by atoms with van der Waals surface area (Å²) in [6.07, 6.45) is 3.12. The molecule has 1 aromatic heterocycles. The van der Waals surface area contributed by atoms with Gasteiger partial charge in [-0.3, -0.25) is 9.59 Å². The van der Waals surface area contributed by atoms with Gasteiger partial charge in [-0.1, -0.05) is 30.3 Å². The molecule has 0 radical (unpaired) electrons. The van der Waals surface area contributed by atoms with Crippen LogP contribution in [0.1, 0.15) is 51.4 Å². The molecule has 1 unspecified atom stereocenters. The van der Waals surface area contributed by atoms with E-state index in [0.717, 1.165) is 23.4 Å². The van der Waals surface area contributed by atoms with Crippen LogP contribution < -0.4 is 4.31 Å². The third-order valence-corrected chi connectivity index (χ3v) is 7.82. The van der Waals surface area contributed by atoms with Crippen molar-refractivity contribution in [1.29, 1.82) is 0 Å². The quantitative estimate of drug-likeness (QED) is 0.442. The van der Waals surface area contributed by atoms with E-state index in [-0.39, 0.29) is 17.2 Å². The number of sulfonamides is 1. The van der Waals surface area contributed by atoms with Gasteiger partial charge >= 0.3 is 5.97 Å². The molecule has 0 N–H and O–H groups in total. The monoisotopic (exact) mass is 537 g/mol. The highest BCUT2D eigenvalue weighted by atomic mass is 32.2. The number of amides is 2. The van der Waals surface area contributed by atoms with Gasteiger partial charge in [0.2, 0.25) is 10.0 Å². The molecule has 3 aromatic rings. The summed E-state index contributed by atoms with van der Waals surface area (Å²) in [7, 11) is -2.62. The van der Waals surface area contributed by atoms with Crippen LogP contribution in [0.15, 0.2) is 60.7 Å². The summed E-state index contributed by atoms with van der Waals surface area (Å²) in [4.78, 5) is 41.4. The molecule has 2 heterocycles. The van der Waals surface area contributed by atoms with Crippen molar-refractivity contribution in [2.75, 3.05) is 24.2 Å². The first-order valence-corrected chi connectivity index (χ1v) is 14.2. The summed E-state index contributed by atoms with van der Waals surface area (Å²) in [5.74, 6) is -1.44. The third kappa shape index (κ3) is 5.08. The minimum Gasteiger partial charge on any atom is -0.467 e. The Morgan fingerprint density at radius 2 is 1.61 bits per heavy atom. The Labute approximate surface area is 222 Å². The van der Waals surface area contributed by atoms with Crippen LogP contribution in [0.4, 0.5) is 5.69 Å². The Bertz CT molecular complexity index is 1480. The van der Waals surface area contributed by atoms with Gasteiger partial charge in [0, 0.05) is 17.9 Å². The average molecular weight is 538 g/mol. The van der Waals surface area contributed by atoms with Crippen molar-refractivity contribution in [2.24, 2.45) is 0 Å². The van der Waals surface area contributed by atoms with Crippen molar-refractivity contribution in [3.63, 3.8) is 0 Å². The maximum Gasteiger partial charge on any atom is 0.328 e. The molecule has 0 bridgehead atoms. The minimum atomic E-state index is -3.93. The van der Waals surface area contributed by atoms with Crippen LogP contribution in [-0.4, -0.2) is 61.6 Å². The van der Waals surface area contributed by atoms with Gasteiger partial charge in [-0.05, 0) is 63.4 Å². The first-order chi connectivity index (χ1) is 18.1. The van der Waals surface area contributed by atoms with E-state index in [1.807, 2.05) is 0 Å². The predicted molar refractivity (Wildman–Crippen MR) is 144 cm³/mol. The second kappa shape index (κ2) is 10.8. The minimum absolute atomic E-state index is 0.199. The van der Waals surface area contributed by atoms with Crippen LogP contribution in [0.25, 0.3) is 5.69 Å². The molecular weight excluding hydrogens is 506 g/mol. The molecule has 0 spiro atoms. The number of benzene rings is 2. The molecule has 2 amide bonds. The normalized spacial score (nSPS) is 15.7. The maximum absolute atomic E-state index is 13.8. The van der Waals surface area contributed by atoms with Gasteiger partial charge in [0.15, 0.2) is 0 Å². The fourth-order valence-corrected chi connectivity index (χ4v) is 5.95. The number of aryl methyl sites for hydroxylation is 1. The summed E-state index contributed by atoms with van der Waals surface area (Å²) in [6, 6.07) is 16.1. The second-order valence-corrected chi connectivity index (χ2v) is 11.2. The van der Waals surface area contributed by atoms with Crippen molar-refractivity contribution < 1.29 is 27.5 Å². The molecule has 1 fully saturated rings. The fourth-order valence-electron chi connectivity index (χ4n) is 5.04. The van der Waals surface area contributed by atoms with Crippen molar-refractivity contribution in [1.82, 2.24) is 9.47 Å². The number of carbonyl (C=O) groups excluding carboxylic acids is 3. The smallest absolute Gasteiger partial charge is 0.328 e. The Hall–Kier alpha value is -3.92. The lowest BCUT2D eigenvalue weighted by Gasteiger charge is -2.34. The number of nitrogens with zero attached hydrogens (tertiary/aromatic N) is 3. The highest BCUT2D eigenvalue weighted by Gasteiger charge is 2.35. The molecule has 200 valence electrons. The maximum atomic E-state index is 13.8. The number of methoxy groups -OCH3 is 1. The summed E-state index contributed by atoms with van der Waals surface area (Å²) < 4.78 is 32.8. The van der Waals surface area contributed by atoms with Crippen LogP contribution in [0, 0.1) is 13.8 Å². The lowest BCUT2D eigenvalue weighted by atomic mass is 10.00. The van der Waals surface area contributed by atoms with E-state index in [4.69, 9.17) is 4.74 Å². The molecule has 1 atom stereocenters. The van der Waals surface area contributed by atoms with Gasteiger partial charge in [-0.25, -0.2) is 17.5 Å². The summed E-state index contributed by atoms with van der Waals surface area (Å²) >= 11 is 0. The molecule has 1 aliphatic heterocycles. The Balaban J connectivity index is 1.78. The number of rotatable bonds is 6. The molecule has 10 heteroatoms. The first-order valence-electron chi connectivity index (χ1n) is 12.3. The highest BCUT2D eigenvalue weighted by Crippen LogP contribution is 2.29. The van der Waals surface area contributed by atoms with Crippen molar-refractivity contribution in [3.05, 3.63) is 83.2 Å². The van der Waals surface area contributed by atoms with Crippen LogP contribution in [0.2, 0.25) is 0 Å². The number of hydrogen-bond donors (Lipinski definition) is 0. The number of piperidine rings is 1. The zero-order valence-electron chi connectivity index (χ0n) is 21.9. The van der Waals surface area contributed by atoms with Crippen molar-refractivity contribution in [2.45, 2.75) is 39.2 Å². The standard InChI is InChI=1S/C28H31N3O6S/c1-19-18-23(27(33)31(38(4,35)36)21-12-6-5-7-13-21)20(2)30(19)24-15-9-8-14-22(24)26(32)29-17-11-10-16-25(29)28(34)37-3/h5-9,12-15,18,25H,10-11,16-17H2,1-4H3. The van der Waals surface area contributed by atoms with E-state index in [1.165, 1.54) is 7.11 Å². The van der Waals surface area contributed by atoms with E-state index in [2.05, 4.69) is 0 Å². The van der Waals surface area contributed by atoms with Gasteiger partial charge in [-0.15, -0.1) is 0 Å². The van der Waals surface area contributed by atoms with Gasteiger partial charge in [0.1, 0.15) is 6.04 Å².